The van der Waals surface area contributed by atoms with Crippen molar-refractivity contribution in [2.45, 2.75) is 25.1 Å². The Morgan fingerprint density at radius 3 is 2.37 bits per heavy atom. The summed E-state index contributed by atoms with van der Waals surface area (Å²) in [5.74, 6) is -0.226. The van der Waals surface area contributed by atoms with Gasteiger partial charge in [0.15, 0.2) is 0 Å². The summed E-state index contributed by atoms with van der Waals surface area (Å²) in [5, 5.41) is 3.47. The van der Waals surface area contributed by atoms with Gasteiger partial charge in [-0.2, -0.15) is 0 Å². The average molecular weight is 407 g/mol. The molecular formula is C20H23ClN2O3S. The van der Waals surface area contributed by atoms with Gasteiger partial charge in [0.25, 0.3) is 0 Å². The third kappa shape index (κ3) is 5.54. The van der Waals surface area contributed by atoms with Crippen LogP contribution in [0.4, 0.5) is 0 Å². The molecule has 0 atom stereocenters. The first-order chi connectivity index (χ1) is 12.9. The van der Waals surface area contributed by atoms with Crippen LogP contribution in [0.2, 0.25) is 5.02 Å². The largest absolute Gasteiger partial charge is 0.352 e. The maximum atomic E-state index is 12.6. The normalized spacial score (nSPS) is 16.2. The molecule has 7 heteroatoms. The molecule has 27 heavy (non-hydrogen) atoms. The molecule has 0 aromatic heterocycles. The number of nitrogens with one attached hydrogen (secondary N) is 1. The molecule has 144 valence electrons. The second-order valence-electron chi connectivity index (χ2n) is 6.76. The van der Waals surface area contributed by atoms with Crippen LogP contribution in [0, 0.1) is 5.92 Å². The van der Waals surface area contributed by atoms with Crippen molar-refractivity contribution in [2.75, 3.05) is 13.1 Å². The Morgan fingerprint density at radius 1 is 1.04 bits per heavy atom. The first-order valence-corrected chi connectivity index (χ1v) is 11.0. The van der Waals surface area contributed by atoms with Crippen LogP contribution in [-0.2, 0) is 27.1 Å². The van der Waals surface area contributed by atoms with Gasteiger partial charge in [-0.1, -0.05) is 54.1 Å². The number of sulfonamides is 1. The number of carbonyl (C=O) groups is 1. The highest BCUT2D eigenvalue weighted by Gasteiger charge is 2.31. The Bertz CT molecular complexity index is 879. The summed E-state index contributed by atoms with van der Waals surface area (Å²) in [6.07, 6.45) is 1.07. The molecule has 0 saturated carbocycles. The van der Waals surface area contributed by atoms with Crippen molar-refractivity contribution in [1.82, 2.24) is 9.62 Å². The fraction of sp³-hybridized carbons (Fsp3) is 0.350. The van der Waals surface area contributed by atoms with Gasteiger partial charge in [0, 0.05) is 30.6 Å². The average Bonchev–Trinajstić information content (AvgIpc) is 2.67. The number of hydrogen-bond acceptors (Lipinski definition) is 3. The lowest BCUT2D eigenvalue weighted by Gasteiger charge is -2.30. The summed E-state index contributed by atoms with van der Waals surface area (Å²) >= 11 is 5.93. The van der Waals surface area contributed by atoms with Gasteiger partial charge in [-0.05, 0) is 36.1 Å². The molecule has 0 radical (unpaired) electrons. The van der Waals surface area contributed by atoms with Gasteiger partial charge in [0.05, 0.1) is 5.75 Å². The molecule has 1 aliphatic heterocycles. The molecule has 1 aliphatic rings. The first kappa shape index (κ1) is 19.9. The maximum Gasteiger partial charge on any atom is 0.223 e. The highest BCUT2D eigenvalue weighted by atomic mass is 35.5. The Kier molecular flexibility index (Phi) is 6.52. The van der Waals surface area contributed by atoms with Crippen LogP contribution in [0.1, 0.15) is 24.0 Å². The number of carbonyl (C=O) groups excluding carboxylic acids is 1. The lowest BCUT2D eigenvalue weighted by molar-refractivity contribution is -0.126. The van der Waals surface area contributed by atoms with Gasteiger partial charge in [0.1, 0.15) is 0 Å². The van der Waals surface area contributed by atoms with E-state index in [-0.39, 0.29) is 17.6 Å². The van der Waals surface area contributed by atoms with E-state index in [1.54, 1.807) is 24.3 Å². The molecule has 0 bridgehead atoms. The Balaban J connectivity index is 1.51. The standard InChI is InChI=1S/C20H23ClN2O3S/c21-19-8-4-7-17(13-19)15-27(25,26)23-11-9-18(10-12-23)20(24)22-14-16-5-2-1-3-6-16/h1-8,13,18H,9-12,14-15H2,(H,22,24). The van der Waals surface area contributed by atoms with E-state index in [9.17, 15) is 13.2 Å². The predicted molar refractivity (Wildman–Crippen MR) is 107 cm³/mol. The zero-order chi connectivity index (χ0) is 19.3. The molecule has 1 saturated heterocycles. The molecule has 3 rings (SSSR count). The first-order valence-electron chi connectivity index (χ1n) is 8.98. The second kappa shape index (κ2) is 8.87. The van der Waals surface area contributed by atoms with Crippen molar-refractivity contribution in [3.8, 4) is 0 Å². The lowest BCUT2D eigenvalue weighted by atomic mass is 9.97. The third-order valence-electron chi connectivity index (χ3n) is 4.77. The molecule has 1 heterocycles. The number of halogens is 1. The van der Waals surface area contributed by atoms with Gasteiger partial charge >= 0.3 is 0 Å². The quantitative estimate of drug-likeness (QED) is 0.801. The van der Waals surface area contributed by atoms with Crippen LogP contribution in [0.3, 0.4) is 0 Å². The van der Waals surface area contributed by atoms with Crippen molar-refractivity contribution >= 4 is 27.5 Å². The van der Waals surface area contributed by atoms with Gasteiger partial charge in [-0.25, -0.2) is 12.7 Å². The van der Waals surface area contributed by atoms with E-state index in [0.717, 1.165) is 5.56 Å². The molecular weight excluding hydrogens is 384 g/mol. The monoisotopic (exact) mass is 406 g/mol. The van der Waals surface area contributed by atoms with Gasteiger partial charge in [-0.15, -0.1) is 0 Å². The predicted octanol–water partition coefficient (Wildman–Crippen LogP) is 3.20. The molecule has 2 aromatic carbocycles. The van der Waals surface area contributed by atoms with Crippen LogP contribution < -0.4 is 5.32 Å². The molecule has 1 fully saturated rings. The van der Waals surface area contributed by atoms with E-state index >= 15 is 0 Å². The van der Waals surface area contributed by atoms with E-state index in [1.165, 1.54) is 4.31 Å². The smallest absolute Gasteiger partial charge is 0.223 e. The number of hydrogen-bond donors (Lipinski definition) is 1. The van der Waals surface area contributed by atoms with Crippen molar-refractivity contribution in [1.29, 1.82) is 0 Å². The van der Waals surface area contributed by atoms with E-state index < -0.39 is 10.0 Å². The topological polar surface area (TPSA) is 66.5 Å². The number of nitrogens with zero attached hydrogens (tertiary/aromatic N) is 1. The van der Waals surface area contributed by atoms with Crippen LogP contribution in [0.25, 0.3) is 0 Å². The van der Waals surface area contributed by atoms with Crippen LogP contribution in [0.15, 0.2) is 54.6 Å². The van der Waals surface area contributed by atoms with Crippen molar-refractivity contribution in [3.05, 3.63) is 70.7 Å². The van der Waals surface area contributed by atoms with Gasteiger partial charge < -0.3 is 5.32 Å². The summed E-state index contributed by atoms with van der Waals surface area (Å²) in [6.45, 7) is 1.23. The number of amides is 1. The fourth-order valence-corrected chi connectivity index (χ4v) is 5.02. The van der Waals surface area contributed by atoms with Crippen molar-refractivity contribution in [3.63, 3.8) is 0 Å². The summed E-state index contributed by atoms with van der Waals surface area (Å²) in [5.41, 5.74) is 1.72. The zero-order valence-corrected chi connectivity index (χ0v) is 16.5. The summed E-state index contributed by atoms with van der Waals surface area (Å²) < 4.78 is 26.8. The molecule has 0 spiro atoms. The Morgan fingerprint density at radius 2 is 1.70 bits per heavy atom. The summed E-state index contributed by atoms with van der Waals surface area (Å²) in [4.78, 5) is 12.4. The fourth-order valence-electron chi connectivity index (χ4n) is 3.25. The molecule has 1 amide bonds. The maximum absolute atomic E-state index is 12.6. The second-order valence-corrected chi connectivity index (χ2v) is 9.17. The van der Waals surface area contributed by atoms with E-state index in [2.05, 4.69) is 5.32 Å². The SMILES string of the molecule is O=C(NCc1ccccc1)C1CCN(S(=O)(=O)Cc2cccc(Cl)c2)CC1. The minimum atomic E-state index is -3.41. The Hall–Kier alpha value is -1.89. The minimum absolute atomic E-state index is 0.00857. The van der Waals surface area contributed by atoms with Gasteiger partial charge in [0.2, 0.25) is 15.9 Å². The third-order valence-corrected chi connectivity index (χ3v) is 6.85. The number of rotatable bonds is 6. The molecule has 2 aromatic rings. The van der Waals surface area contributed by atoms with Crippen molar-refractivity contribution < 1.29 is 13.2 Å². The minimum Gasteiger partial charge on any atom is -0.352 e. The van der Waals surface area contributed by atoms with Gasteiger partial charge in [-0.3, -0.25) is 4.79 Å². The highest BCUT2D eigenvalue weighted by Crippen LogP contribution is 2.22. The van der Waals surface area contributed by atoms with E-state index in [0.29, 0.717) is 43.1 Å². The summed E-state index contributed by atoms with van der Waals surface area (Å²) in [6, 6.07) is 16.6. The molecule has 5 nitrogen and oxygen atoms in total. The molecule has 0 aliphatic carbocycles. The zero-order valence-electron chi connectivity index (χ0n) is 15.0. The van der Waals surface area contributed by atoms with Crippen molar-refractivity contribution in [2.24, 2.45) is 5.92 Å². The summed E-state index contributed by atoms with van der Waals surface area (Å²) in [7, 11) is -3.41. The van der Waals surface area contributed by atoms with Crippen LogP contribution in [0.5, 0.6) is 0 Å². The highest BCUT2D eigenvalue weighted by molar-refractivity contribution is 7.88. The number of benzene rings is 2. The van der Waals surface area contributed by atoms with Crippen LogP contribution >= 0.6 is 11.6 Å². The molecule has 1 N–H and O–H groups in total. The molecule has 0 unspecified atom stereocenters. The lowest BCUT2D eigenvalue weighted by Crippen LogP contribution is -2.43. The van der Waals surface area contributed by atoms with Crippen LogP contribution in [-0.4, -0.2) is 31.7 Å². The van der Waals surface area contributed by atoms with E-state index in [1.807, 2.05) is 30.3 Å². The van der Waals surface area contributed by atoms with E-state index in [4.69, 9.17) is 11.6 Å². The number of piperidine rings is 1. The Labute approximate surface area is 165 Å².